The van der Waals surface area contributed by atoms with E-state index >= 15 is 0 Å². The van der Waals surface area contributed by atoms with Crippen molar-refractivity contribution in [3.05, 3.63) is 61.1 Å². The Hall–Kier alpha value is -2.32. The van der Waals surface area contributed by atoms with Gasteiger partial charge in [-0.2, -0.15) is 0 Å². The molecule has 0 atom stereocenters. The van der Waals surface area contributed by atoms with Crippen molar-refractivity contribution in [1.82, 2.24) is 0 Å². The third-order valence-electron chi connectivity index (χ3n) is 3.45. The van der Waals surface area contributed by atoms with Crippen LogP contribution in [0.3, 0.4) is 0 Å². The standard InChI is InChI=1S/C18H17BrClNO6/c1-3-25-16-8-12(13(19)9-17(16)26-4-2)10-27-18(22)11-5-6-14(20)15(7-11)21(23)24/h5-9H,3-4,10H2,1-2H3. The van der Waals surface area contributed by atoms with Crippen LogP contribution in [-0.2, 0) is 11.3 Å². The van der Waals surface area contributed by atoms with Crippen molar-refractivity contribution in [2.24, 2.45) is 0 Å². The molecule has 7 nitrogen and oxygen atoms in total. The second-order valence-corrected chi connectivity index (χ2v) is 6.52. The highest BCUT2D eigenvalue weighted by atomic mass is 79.9. The molecule has 0 aliphatic carbocycles. The van der Waals surface area contributed by atoms with Crippen molar-refractivity contribution in [2.45, 2.75) is 20.5 Å². The van der Waals surface area contributed by atoms with Crippen LogP contribution in [0.1, 0.15) is 29.8 Å². The third kappa shape index (κ3) is 5.33. The first-order valence-electron chi connectivity index (χ1n) is 8.06. The van der Waals surface area contributed by atoms with E-state index in [1.54, 1.807) is 12.1 Å². The lowest BCUT2D eigenvalue weighted by atomic mass is 10.2. The number of carbonyl (C=O) groups is 1. The second kappa shape index (κ2) is 9.57. The van der Waals surface area contributed by atoms with Crippen LogP contribution < -0.4 is 9.47 Å². The van der Waals surface area contributed by atoms with Gasteiger partial charge in [0.2, 0.25) is 0 Å². The summed E-state index contributed by atoms with van der Waals surface area (Å²) in [6.45, 7) is 4.60. The number of nitro benzene ring substituents is 1. The van der Waals surface area contributed by atoms with Gasteiger partial charge in [0.15, 0.2) is 11.5 Å². The first-order valence-corrected chi connectivity index (χ1v) is 9.23. The zero-order valence-electron chi connectivity index (χ0n) is 14.7. The second-order valence-electron chi connectivity index (χ2n) is 5.26. The minimum absolute atomic E-state index is 0.0400. The van der Waals surface area contributed by atoms with E-state index < -0.39 is 10.9 Å². The summed E-state index contributed by atoms with van der Waals surface area (Å²) >= 11 is 9.17. The molecule has 0 aliphatic rings. The quantitative estimate of drug-likeness (QED) is 0.308. The SMILES string of the molecule is CCOc1cc(Br)c(COC(=O)c2ccc(Cl)c([N+](=O)[O-])c2)cc1OCC. The number of nitrogens with zero attached hydrogens (tertiary/aromatic N) is 1. The molecule has 0 spiro atoms. The number of rotatable bonds is 8. The summed E-state index contributed by atoms with van der Waals surface area (Å²) in [5.74, 6) is 0.416. The molecular formula is C18H17BrClNO6. The Balaban J connectivity index is 2.18. The largest absolute Gasteiger partial charge is 0.490 e. The molecule has 0 radical (unpaired) electrons. The lowest BCUT2D eigenvalue weighted by Gasteiger charge is -2.14. The number of halogens is 2. The Kier molecular flexibility index (Phi) is 7.44. The van der Waals surface area contributed by atoms with Gasteiger partial charge < -0.3 is 14.2 Å². The van der Waals surface area contributed by atoms with E-state index in [2.05, 4.69) is 15.9 Å². The first kappa shape index (κ1) is 21.0. The molecule has 0 saturated carbocycles. The number of benzene rings is 2. The van der Waals surface area contributed by atoms with Gasteiger partial charge in [-0.15, -0.1) is 0 Å². The molecule has 0 aliphatic heterocycles. The van der Waals surface area contributed by atoms with Gasteiger partial charge in [-0.25, -0.2) is 4.79 Å². The van der Waals surface area contributed by atoms with E-state index in [0.29, 0.717) is 34.7 Å². The van der Waals surface area contributed by atoms with Crippen molar-refractivity contribution in [3.8, 4) is 11.5 Å². The predicted octanol–water partition coefficient (Wildman–Crippen LogP) is 5.17. The van der Waals surface area contributed by atoms with Crippen LogP contribution in [0, 0.1) is 10.1 Å². The monoisotopic (exact) mass is 457 g/mol. The number of hydrogen-bond donors (Lipinski definition) is 0. The van der Waals surface area contributed by atoms with E-state index in [1.165, 1.54) is 12.1 Å². The molecular weight excluding hydrogens is 442 g/mol. The number of carbonyl (C=O) groups excluding carboxylic acids is 1. The molecule has 144 valence electrons. The fraction of sp³-hybridized carbons (Fsp3) is 0.278. The Morgan fingerprint density at radius 1 is 1.15 bits per heavy atom. The molecule has 0 N–H and O–H groups in total. The summed E-state index contributed by atoms with van der Waals surface area (Å²) in [7, 11) is 0. The van der Waals surface area contributed by atoms with Crippen LogP contribution in [0.25, 0.3) is 0 Å². The molecule has 27 heavy (non-hydrogen) atoms. The Morgan fingerprint density at radius 3 is 2.37 bits per heavy atom. The van der Waals surface area contributed by atoms with Gasteiger partial charge >= 0.3 is 5.97 Å². The van der Waals surface area contributed by atoms with Gasteiger partial charge in [0.1, 0.15) is 11.6 Å². The minimum atomic E-state index is -0.700. The fourth-order valence-corrected chi connectivity index (χ4v) is 2.85. The van der Waals surface area contributed by atoms with E-state index in [4.69, 9.17) is 25.8 Å². The maximum Gasteiger partial charge on any atom is 0.338 e. The van der Waals surface area contributed by atoms with Crippen LogP contribution in [0.2, 0.25) is 5.02 Å². The number of nitro groups is 1. The Bertz CT molecular complexity index is 858. The first-order chi connectivity index (χ1) is 12.9. The average molecular weight is 459 g/mol. The van der Waals surface area contributed by atoms with Crippen molar-refractivity contribution >= 4 is 39.2 Å². The molecule has 0 aromatic heterocycles. The molecule has 0 heterocycles. The highest BCUT2D eigenvalue weighted by Crippen LogP contribution is 2.34. The van der Waals surface area contributed by atoms with Gasteiger partial charge in [0.05, 0.1) is 23.7 Å². The predicted molar refractivity (Wildman–Crippen MR) is 104 cm³/mol. The van der Waals surface area contributed by atoms with Gasteiger partial charge in [0, 0.05) is 16.1 Å². The summed E-state index contributed by atoms with van der Waals surface area (Å²) in [6.07, 6.45) is 0. The zero-order valence-corrected chi connectivity index (χ0v) is 17.0. The van der Waals surface area contributed by atoms with Crippen molar-refractivity contribution < 1.29 is 23.9 Å². The summed E-state index contributed by atoms with van der Waals surface area (Å²) in [5.41, 5.74) is 0.351. The average Bonchev–Trinajstić information content (AvgIpc) is 2.63. The smallest absolute Gasteiger partial charge is 0.338 e. The molecule has 0 amide bonds. The number of ether oxygens (including phenoxy) is 3. The van der Waals surface area contributed by atoms with E-state index in [1.807, 2.05) is 13.8 Å². The van der Waals surface area contributed by atoms with Crippen LogP contribution >= 0.6 is 27.5 Å². The maximum atomic E-state index is 12.2. The van der Waals surface area contributed by atoms with Crippen molar-refractivity contribution in [1.29, 1.82) is 0 Å². The normalized spacial score (nSPS) is 10.4. The zero-order chi connectivity index (χ0) is 20.0. The summed E-state index contributed by atoms with van der Waals surface area (Å²) in [5, 5.41) is 10.9. The minimum Gasteiger partial charge on any atom is -0.490 e. The Morgan fingerprint density at radius 2 is 1.78 bits per heavy atom. The molecule has 0 unspecified atom stereocenters. The lowest BCUT2D eigenvalue weighted by molar-refractivity contribution is -0.384. The molecule has 2 aromatic rings. The summed E-state index contributed by atoms with van der Waals surface area (Å²) in [6, 6.07) is 7.21. The van der Waals surface area contributed by atoms with Crippen LogP contribution in [0.15, 0.2) is 34.8 Å². The van der Waals surface area contributed by atoms with E-state index in [9.17, 15) is 14.9 Å². The van der Waals surface area contributed by atoms with Crippen LogP contribution in [-0.4, -0.2) is 24.1 Å². The molecule has 2 rings (SSSR count). The third-order valence-corrected chi connectivity index (χ3v) is 4.51. The van der Waals surface area contributed by atoms with Crippen molar-refractivity contribution in [2.75, 3.05) is 13.2 Å². The summed E-state index contributed by atoms with van der Waals surface area (Å²) < 4.78 is 17.0. The van der Waals surface area contributed by atoms with Gasteiger partial charge in [-0.1, -0.05) is 27.5 Å². The summed E-state index contributed by atoms with van der Waals surface area (Å²) in [4.78, 5) is 22.5. The number of hydrogen-bond acceptors (Lipinski definition) is 6. The Labute approximate surface area is 169 Å². The molecule has 0 saturated heterocycles. The maximum absolute atomic E-state index is 12.2. The van der Waals surface area contributed by atoms with Crippen LogP contribution in [0.5, 0.6) is 11.5 Å². The lowest BCUT2D eigenvalue weighted by Crippen LogP contribution is -2.07. The fourth-order valence-electron chi connectivity index (χ4n) is 2.23. The van der Waals surface area contributed by atoms with Gasteiger partial charge in [-0.05, 0) is 38.1 Å². The van der Waals surface area contributed by atoms with Crippen LogP contribution in [0.4, 0.5) is 5.69 Å². The highest BCUT2D eigenvalue weighted by molar-refractivity contribution is 9.10. The van der Waals surface area contributed by atoms with E-state index in [0.717, 1.165) is 6.07 Å². The molecule has 2 aromatic carbocycles. The highest BCUT2D eigenvalue weighted by Gasteiger charge is 2.18. The van der Waals surface area contributed by atoms with E-state index in [-0.39, 0.29) is 22.9 Å². The number of esters is 1. The molecule has 0 bridgehead atoms. The van der Waals surface area contributed by atoms with Crippen molar-refractivity contribution in [3.63, 3.8) is 0 Å². The topological polar surface area (TPSA) is 87.9 Å². The van der Waals surface area contributed by atoms with Gasteiger partial charge in [0.25, 0.3) is 5.69 Å². The molecule has 9 heteroatoms. The van der Waals surface area contributed by atoms with Gasteiger partial charge in [-0.3, -0.25) is 10.1 Å². The molecule has 0 fully saturated rings.